The van der Waals surface area contributed by atoms with E-state index in [1.807, 2.05) is 0 Å². The van der Waals surface area contributed by atoms with E-state index in [0.717, 1.165) is 0 Å². The summed E-state index contributed by atoms with van der Waals surface area (Å²) in [5.74, 6) is -1.38. The van der Waals surface area contributed by atoms with Crippen molar-refractivity contribution in [2.75, 3.05) is 0 Å². The first-order valence-electron chi connectivity index (χ1n) is 5.91. The Labute approximate surface area is 111 Å². The van der Waals surface area contributed by atoms with E-state index in [2.05, 4.69) is 57.2 Å². The normalized spacial score (nSPS) is 20.2. The fourth-order valence-corrected chi connectivity index (χ4v) is 10.0. The molecule has 0 unspecified atom stereocenters. The SMILES string of the molecule is CC(C)(C)[Si]([Ta])(C1=CC=CC1)C1=CC=CC1. The van der Waals surface area contributed by atoms with Gasteiger partial charge in [-0.2, -0.15) is 0 Å². The number of allylic oxidation sites excluding steroid dienone is 8. The van der Waals surface area contributed by atoms with Crippen molar-refractivity contribution in [1.82, 2.24) is 0 Å². The standard InChI is InChI=1S/C14H19Si.Ta/c1-14(2,3)15(12-8-4-5-9-12)13-10-6-7-11-13;/h4-8,10H,9,11H2,1-3H3;. The van der Waals surface area contributed by atoms with Crippen LogP contribution in [0.15, 0.2) is 46.8 Å². The second-order valence-corrected chi connectivity index (χ2v) is 17.0. The van der Waals surface area contributed by atoms with E-state index in [1.165, 1.54) is 12.8 Å². The molecule has 0 fully saturated rings. The summed E-state index contributed by atoms with van der Waals surface area (Å²) in [5, 5.41) is 3.96. The molecule has 0 aromatic heterocycles. The van der Waals surface area contributed by atoms with E-state index in [1.54, 1.807) is 30.7 Å². The van der Waals surface area contributed by atoms with Crippen molar-refractivity contribution in [3.63, 3.8) is 0 Å². The Kier molecular flexibility index (Phi) is 3.33. The van der Waals surface area contributed by atoms with Crippen molar-refractivity contribution in [2.24, 2.45) is 0 Å². The van der Waals surface area contributed by atoms with E-state index < -0.39 is 5.83 Å². The van der Waals surface area contributed by atoms with Crippen LogP contribution in [0.5, 0.6) is 0 Å². The van der Waals surface area contributed by atoms with E-state index in [0.29, 0.717) is 5.04 Å². The van der Waals surface area contributed by atoms with Crippen LogP contribution in [-0.4, -0.2) is 5.83 Å². The molecule has 0 spiro atoms. The summed E-state index contributed by atoms with van der Waals surface area (Å²) < 4.78 is 0. The maximum absolute atomic E-state index is 2.44. The molecule has 0 nitrogen and oxygen atoms in total. The van der Waals surface area contributed by atoms with Gasteiger partial charge in [0.2, 0.25) is 0 Å². The van der Waals surface area contributed by atoms with Crippen LogP contribution < -0.4 is 0 Å². The summed E-state index contributed by atoms with van der Waals surface area (Å²) in [4.78, 5) is 0. The third-order valence-corrected chi connectivity index (χ3v) is 21.7. The van der Waals surface area contributed by atoms with Crippen molar-refractivity contribution >= 4 is 5.83 Å². The molecule has 2 aliphatic carbocycles. The fraction of sp³-hybridized carbons (Fsp3) is 0.429. The molecule has 0 amide bonds. The Morgan fingerprint density at radius 3 is 1.69 bits per heavy atom. The summed E-state index contributed by atoms with van der Waals surface area (Å²) in [6.07, 6.45) is 16.3. The molecule has 2 aliphatic rings. The molecule has 0 atom stereocenters. The average molecular weight is 396 g/mol. The molecule has 16 heavy (non-hydrogen) atoms. The molecular formula is C14H19SiTa. The molecule has 2 heteroatoms. The fourth-order valence-electron chi connectivity index (χ4n) is 2.60. The maximum atomic E-state index is 2.44. The Morgan fingerprint density at radius 2 is 1.44 bits per heavy atom. The molecule has 0 saturated heterocycles. The first kappa shape index (κ1) is 12.4. The zero-order valence-electron chi connectivity index (χ0n) is 10.3. The molecule has 0 aromatic carbocycles. The van der Waals surface area contributed by atoms with Crippen molar-refractivity contribution < 1.29 is 20.3 Å². The van der Waals surface area contributed by atoms with Crippen molar-refractivity contribution in [1.29, 1.82) is 0 Å². The van der Waals surface area contributed by atoms with E-state index >= 15 is 0 Å². The predicted molar refractivity (Wildman–Crippen MR) is 69.1 cm³/mol. The second kappa shape index (κ2) is 4.30. The molecule has 0 aromatic rings. The van der Waals surface area contributed by atoms with Gasteiger partial charge in [0.05, 0.1) is 0 Å². The predicted octanol–water partition coefficient (Wildman–Crippen LogP) is 4.13. The van der Waals surface area contributed by atoms with Gasteiger partial charge in [-0.25, -0.2) is 0 Å². The molecule has 0 radical (unpaired) electrons. The Morgan fingerprint density at radius 1 is 1.00 bits per heavy atom. The Balaban J connectivity index is 2.41. The number of hydrogen-bond donors (Lipinski definition) is 0. The summed E-state index contributed by atoms with van der Waals surface area (Å²) in [6, 6.07) is 0. The van der Waals surface area contributed by atoms with Crippen LogP contribution in [0.3, 0.4) is 0 Å². The zero-order chi connectivity index (χ0) is 11.8. The average Bonchev–Trinajstić information content (AvgIpc) is 2.88. The molecule has 0 bridgehead atoms. The van der Waals surface area contributed by atoms with Gasteiger partial charge in [-0.3, -0.25) is 0 Å². The third kappa shape index (κ3) is 1.90. The van der Waals surface area contributed by atoms with Crippen LogP contribution in [0.1, 0.15) is 33.6 Å². The monoisotopic (exact) mass is 396 g/mol. The summed E-state index contributed by atoms with van der Waals surface area (Å²) in [5.41, 5.74) is 0. The molecule has 0 saturated carbocycles. The van der Waals surface area contributed by atoms with Crippen LogP contribution in [0.25, 0.3) is 0 Å². The molecule has 2 rings (SSSR count). The van der Waals surface area contributed by atoms with Crippen molar-refractivity contribution in [3.05, 3.63) is 46.8 Å². The van der Waals surface area contributed by atoms with Gasteiger partial charge in [-0.1, -0.05) is 0 Å². The quantitative estimate of drug-likeness (QED) is 0.616. The molecule has 0 N–H and O–H groups in total. The molecule has 0 aliphatic heterocycles. The minimum absolute atomic E-state index is 0.455. The van der Waals surface area contributed by atoms with E-state index in [-0.39, 0.29) is 0 Å². The van der Waals surface area contributed by atoms with Crippen molar-refractivity contribution in [2.45, 2.75) is 38.7 Å². The van der Waals surface area contributed by atoms with Crippen LogP contribution in [0.2, 0.25) is 5.04 Å². The second-order valence-electron chi connectivity index (χ2n) is 5.61. The van der Waals surface area contributed by atoms with Crippen LogP contribution in [-0.2, 0) is 20.3 Å². The third-order valence-electron chi connectivity index (χ3n) is 3.56. The van der Waals surface area contributed by atoms with Gasteiger partial charge in [-0.15, -0.1) is 0 Å². The molecule has 0 heterocycles. The molecule has 84 valence electrons. The Hall–Kier alpha value is -0.0829. The Bertz CT molecular complexity index is 375. The van der Waals surface area contributed by atoms with Gasteiger partial charge >= 0.3 is 112 Å². The summed E-state index contributed by atoms with van der Waals surface area (Å²) >= 11 is 1.58. The van der Waals surface area contributed by atoms with Gasteiger partial charge in [0, 0.05) is 0 Å². The van der Waals surface area contributed by atoms with E-state index in [9.17, 15) is 0 Å². The molecular weight excluding hydrogens is 377 g/mol. The van der Waals surface area contributed by atoms with Crippen LogP contribution in [0.4, 0.5) is 0 Å². The van der Waals surface area contributed by atoms with Gasteiger partial charge in [-0.05, 0) is 0 Å². The topological polar surface area (TPSA) is 0 Å². The zero-order valence-corrected chi connectivity index (χ0v) is 14.5. The summed E-state index contributed by atoms with van der Waals surface area (Å²) in [6.45, 7) is 7.33. The van der Waals surface area contributed by atoms with Crippen molar-refractivity contribution in [3.8, 4) is 0 Å². The van der Waals surface area contributed by atoms with Crippen LogP contribution >= 0.6 is 0 Å². The minimum atomic E-state index is -1.38. The van der Waals surface area contributed by atoms with E-state index in [4.69, 9.17) is 0 Å². The number of rotatable bonds is 2. The van der Waals surface area contributed by atoms with Gasteiger partial charge < -0.3 is 0 Å². The number of hydrogen-bond acceptors (Lipinski definition) is 0. The van der Waals surface area contributed by atoms with Gasteiger partial charge in [0.1, 0.15) is 0 Å². The summed E-state index contributed by atoms with van der Waals surface area (Å²) in [7, 11) is 0. The van der Waals surface area contributed by atoms with Crippen LogP contribution in [0, 0.1) is 0 Å². The van der Waals surface area contributed by atoms with Gasteiger partial charge in [0.15, 0.2) is 0 Å². The first-order chi connectivity index (χ1) is 7.46. The first-order valence-corrected chi connectivity index (χ1v) is 12.7. The van der Waals surface area contributed by atoms with Gasteiger partial charge in [0.25, 0.3) is 0 Å².